The molecule has 3 nitrogen and oxygen atoms in total. The maximum absolute atomic E-state index is 9.88. The number of rotatable bonds is 4. The minimum atomic E-state index is -0.855. The van der Waals surface area contributed by atoms with Crippen molar-refractivity contribution in [2.24, 2.45) is 0 Å². The molecule has 1 N–H and O–H groups in total. The summed E-state index contributed by atoms with van der Waals surface area (Å²) < 4.78 is 5.67. The third-order valence-electron chi connectivity index (χ3n) is 3.09. The third-order valence-corrected chi connectivity index (χ3v) is 3.09. The molecule has 0 unspecified atom stereocenters. The van der Waals surface area contributed by atoms with Gasteiger partial charge in [-0.05, 0) is 37.6 Å². The third kappa shape index (κ3) is 3.37. The molecule has 2 aromatic rings. The van der Waals surface area contributed by atoms with Crippen molar-refractivity contribution in [2.45, 2.75) is 26.1 Å². The predicted molar refractivity (Wildman–Crippen MR) is 77.2 cm³/mol. The molecule has 0 aliphatic heterocycles. The van der Waals surface area contributed by atoms with Crippen LogP contribution < -0.4 is 4.74 Å². The monoisotopic (exact) mass is 267 g/mol. The first-order chi connectivity index (χ1) is 9.50. The molecular weight excluding hydrogens is 250 g/mol. The quantitative estimate of drug-likeness (QED) is 0.924. The van der Waals surface area contributed by atoms with Crippen LogP contribution in [0.5, 0.6) is 5.75 Å². The van der Waals surface area contributed by atoms with Crippen LogP contribution in [0.25, 0.3) is 0 Å². The van der Waals surface area contributed by atoms with Crippen LogP contribution in [0, 0.1) is 11.3 Å². The summed E-state index contributed by atoms with van der Waals surface area (Å²) in [5.41, 5.74) is 1.47. The highest BCUT2D eigenvalue weighted by Crippen LogP contribution is 2.23. The van der Waals surface area contributed by atoms with Crippen molar-refractivity contribution in [3.05, 3.63) is 65.2 Å². The van der Waals surface area contributed by atoms with Gasteiger partial charge < -0.3 is 9.84 Å². The summed E-state index contributed by atoms with van der Waals surface area (Å²) in [5.74, 6) is 0.714. The summed E-state index contributed by atoms with van der Waals surface area (Å²) in [6.45, 7) is 3.84. The highest BCUT2D eigenvalue weighted by Gasteiger charge is 2.15. The molecule has 0 saturated heterocycles. The molecule has 0 fully saturated rings. The van der Waals surface area contributed by atoms with Crippen molar-refractivity contribution in [3.8, 4) is 11.8 Å². The summed E-state index contributed by atoms with van der Waals surface area (Å²) >= 11 is 0. The molecule has 0 amide bonds. The zero-order chi connectivity index (χ0) is 14.6. The number of benzene rings is 2. The van der Waals surface area contributed by atoms with Gasteiger partial charge in [0.2, 0.25) is 0 Å². The van der Waals surface area contributed by atoms with Gasteiger partial charge in [-0.1, -0.05) is 30.3 Å². The molecule has 0 heterocycles. The largest absolute Gasteiger partial charge is 0.489 e. The van der Waals surface area contributed by atoms with E-state index in [9.17, 15) is 5.11 Å². The van der Waals surface area contributed by atoms with Crippen LogP contribution in [-0.2, 0) is 12.2 Å². The lowest BCUT2D eigenvalue weighted by atomic mass is 9.99. The predicted octanol–water partition coefficient (Wildman–Crippen LogP) is 3.36. The fourth-order valence-electron chi connectivity index (χ4n) is 1.88. The Balaban J connectivity index is 2.07. The first-order valence-corrected chi connectivity index (χ1v) is 6.44. The van der Waals surface area contributed by atoms with Gasteiger partial charge in [0.15, 0.2) is 0 Å². The second-order valence-corrected chi connectivity index (χ2v) is 5.14. The Hall–Kier alpha value is -2.31. The Kier molecular flexibility index (Phi) is 4.07. The SMILES string of the molecule is CC(C)(O)c1ccc(OCc2ccccc2C#N)cc1. The van der Waals surface area contributed by atoms with E-state index in [4.69, 9.17) is 10.00 Å². The highest BCUT2D eigenvalue weighted by molar-refractivity contribution is 5.37. The van der Waals surface area contributed by atoms with E-state index in [1.54, 1.807) is 19.9 Å². The summed E-state index contributed by atoms with van der Waals surface area (Å²) in [5, 5.41) is 18.9. The smallest absolute Gasteiger partial charge is 0.119 e. The Morgan fingerprint density at radius 2 is 1.75 bits per heavy atom. The van der Waals surface area contributed by atoms with Gasteiger partial charge in [0.1, 0.15) is 12.4 Å². The highest BCUT2D eigenvalue weighted by atomic mass is 16.5. The first-order valence-electron chi connectivity index (χ1n) is 6.44. The van der Waals surface area contributed by atoms with E-state index >= 15 is 0 Å². The zero-order valence-electron chi connectivity index (χ0n) is 11.6. The topological polar surface area (TPSA) is 53.2 Å². The number of nitriles is 1. The molecule has 0 bridgehead atoms. The lowest BCUT2D eigenvalue weighted by molar-refractivity contribution is 0.0785. The minimum absolute atomic E-state index is 0.353. The number of ether oxygens (including phenoxy) is 1. The molecule has 0 aliphatic carbocycles. The average molecular weight is 267 g/mol. The van der Waals surface area contributed by atoms with Crippen LogP contribution in [0.15, 0.2) is 48.5 Å². The van der Waals surface area contributed by atoms with Crippen molar-refractivity contribution >= 4 is 0 Å². The normalized spacial score (nSPS) is 10.9. The van der Waals surface area contributed by atoms with Crippen molar-refractivity contribution in [1.82, 2.24) is 0 Å². The first kappa shape index (κ1) is 14.1. The molecule has 0 aliphatic rings. The molecule has 0 atom stereocenters. The van der Waals surface area contributed by atoms with E-state index in [1.807, 2.05) is 42.5 Å². The van der Waals surface area contributed by atoms with Gasteiger partial charge in [0.25, 0.3) is 0 Å². The fraction of sp³-hybridized carbons (Fsp3) is 0.235. The van der Waals surface area contributed by atoms with Gasteiger partial charge in [-0.3, -0.25) is 0 Å². The van der Waals surface area contributed by atoms with Gasteiger partial charge >= 0.3 is 0 Å². The van der Waals surface area contributed by atoms with E-state index in [0.717, 1.165) is 11.1 Å². The summed E-state index contributed by atoms with van der Waals surface area (Å²) in [7, 11) is 0. The Morgan fingerprint density at radius 3 is 2.35 bits per heavy atom. The molecule has 3 heteroatoms. The van der Waals surface area contributed by atoms with Gasteiger partial charge in [-0.15, -0.1) is 0 Å². The van der Waals surface area contributed by atoms with Gasteiger partial charge in [-0.25, -0.2) is 0 Å². The van der Waals surface area contributed by atoms with Gasteiger partial charge in [-0.2, -0.15) is 5.26 Å². The molecule has 0 radical (unpaired) electrons. The number of aliphatic hydroxyl groups is 1. The van der Waals surface area contributed by atoms with Crippen LogP contribution in [0.2, 0.25) is 0 Å². The zero-order valence-corrected chi connectivity index (χ0v) is 11.6. The number of nitrogens with zero attached hydrogens (tertiary/aromatic N) is 1. The van der Waals surface area contributed by atoms with Crippen molar-refractivity contribution in [1.29, 1.82) is 5.26 Å². The molecule has 102 valence electrons. The van der Waals surface area contributed by atoms with Crippen LogP contribution in [0.1, 0.15) is 30.5 Å². The number of hydrogen-bond donors (Lipinski definition) is 1. The van der Waals surface area contributed by atoms with E-state index in [0.29, 0.717) is 17.9 Å². The lowest BCUT2D eigenvalue weighted by Crippen LogP contribution is -2.14. The second-order valence-electron chi connectivity index (χ2n) is 5.14. The molecular formula is C17H17NO2. The molecule has 0 aromatic heterocycles. The van der Waals surface area contributed by atoms with Crippen molar-refractivity contribution in [2.75, 3.05) is 0 Å². The second kappa shape index (κ2) is 5.77. The van der Waals surface area contributed by atoms with E-state index in [2.05, 4.69) is 6.07 Å². The maximum Gasteiger partial charge on any atom is 0.119 e. The molecule has 2 rings (SSSR count). The van der Waals surface area contributed by atoms with E-state index in [-0.39, 0.29) is 0 Å². The molecule has 0 saturated carbocycles. The summed E-state index contributed by atoms with van der Waals surface area (Å²) in [6.07, 6.45) is 0. The standard InChI is InChI=1S/C17H17NO2/c1-17(2,19)15-7-9-16(10-8-15)20-12-14-6-4-3-5-13(14)11-18/h3-10,19H,12H2,1-2H3. The van der Waals surface area contributed by atoms with E-state index in [1.165, 1.54) is 0 Å². The number of hydrogen-bond acceptors (Lipinski definition) is 3. The van der Waals surface area contributed by atoms with Crippen molar-refractivity contribution < 1.29 is 9.84 Å². The van der Waals surface area contributed by atoms with Gasteiger partial charge in [0, 0.05) is 5.56 Å². The molecule has 0 spiro atoms. The Morgan fingerprint density at radius 1 is 1.10 bits per heavy atom. The summed E-state index contributed by atoms with van der Waals surface area (Å²) in [4.78, 5) is 0. The maximum atomic E-state index is 9.88. The van der Waals surface area contributed by atoms with Crippen molar-refractivity contribution in [3.63, 3.8) is 0 Å². The fourth-order valence-corrected chi connectivity index (χ4v) is 1.88. The minimum Gasteiger partial charge on any atom is -0.489 e. The Labute approximate surface area is 119 Å². The lowest BCUT2D eigenvalue weighted by Gasteiger charge is -2.18. The van der Waals surface area contributed by atoms with Crippen LogP contribution in [0.4, 0.5) is 0 Å². The average Bonchev–Trinajstić information content (AvgIpc) is 2.45. The molecule has 20 heavy (non-hydrogen) atoms. The van der Waals surface area contributed by atoms with E-state index < -0.39 is 5.60 Å². The summed E-state index contributed by atoms with van der Waals surface area (Å²) in [6, 6.07) is 16.8. The van der Waals surface area contributed by atoms with Crippen LogP contribution in [-0.4, -0.2) is 5.11 Å². The van der Waals surface area contributed by atoms with Crippen LogP contribution >= 0.6 is 0 Å². The van der Waals surface area contributed by atoms with Crippen LogP contribution in [0.3, 0.4) is 0 Å². The van der Waals surface area contributed by atoms with Gasteiger partial charge in [0.05, 0.1) is 17.2 Å². The Bertz CT molecular complexity index is 619. The molecule has 2 aromatic carbocycles.